The van der Waals surface area contributed by atoms with Gasteiger partial charge in [-0.25, -0.2) is 4.98 Å². The Morgan fingerprint density at radius 1 is 1.07 bits per heavy atom. The topological polar surface area (TPSA) is 71.4 Å². The number of aromatic nitrogens is 2. The molecule has 1 aromatic heterocycles. The lowest BCUT2D eigenvalue weighted by atomic mass is 10.1. The predicted octanol–water partition coefficient (Wildman–Crippen LogP) is 3.98. The number of aliphatic imine (C=N–C) groups is 1. The lowest BCUT2D eigenvalue weighted by molar-refractivity contribution is 0.0248. The Kier molecular flexibility index (Phi) is 4.62. The van der Waals surface area contributed by atoms with Gasteiger partial charge in [-0.05, 0) is 42.8 Å². The van der Waals surface area contributed by atoms with Crippen molar-refractivity contribution in [3.63, 3.8) is 0 Å². The molecule has 0 aliphatic carbocycles. The maximum absolute atomic E-state index is 5.84. The summed E-state index contributed by atoms with van der Waals surface area (Å²) in [5, 5.41) is 9.36. The molecule has 0 saturated carbocycles. The minimum Gasteiger partial charge on any atom is -0.382 e. The number of hydrogen-bond acceptors (Lipinski definition) is 6. The highest BCUT2D eigenvalue weighted by molar-refractivity contribution is 6.10. The molecule has 142 valence electrons. The summed E-state index contributed by atoms with van der Waals surface area (Å²) in [5.74, 6) is 0.783. The Morgan fingerprint density at radius 3 is 2.96 bits per heavy atom. The second kappa shape index (κ2) is 7.56. The van der Waals surface area contributed by atoms with Crippen LogP contribution in [0.1, 0.15) is 30.7 Å². The molecular formula is C22H23N5O. The molecule has 28 heavy (non-hydrogen) atoms. The first-order chi connectivity index (χ1) is 13.9. The number of hydrogen-bond donors (Lipinski definition) is 2. The fourth-order valence-corrected chi connectivity index (χ4v) is 3.85. The molecule has 0 amide bonds. The number of benzene rings is 2. The number of fused-ring (bicyclic) bond motifs is 2. The Morgan fingerprint density at radius 2 is 2.04 bits per heavy atom. The maximum atomic E-state index is 5.84. The first-order valence-electron chi connectivity index (χ1n) is 9.87. The van der Waals surface area contributed by atoms with Crippen LogP contribution in [0.2, 0.25) is 0 Å². The zero-order valence-electron chi connectivity index (χ0n) is 15.7. The average molecular weight is 373 g/mol. The fourth-order valence-electron chi connectivity index (χ4n) is 3.85. The number of ether oxygens (including phenoxy) is 1. The summed E-state index contributed by atoms with van der Waals surface area (Å²) in [5.41, 5.74) is 3.90. The molecule has 1 atom stereocenters. The van der Waals surface area contributed by atoms with Gasteiger partial charge in [-0.3, -0.25) is 9.98 Å². The normalized spacial score (nSPS) is 18.6. The number of amidine groups is 1. The van der Waals surface area contributed by atoms with Crippen molar-refractivity contribution in [1.82, 2.24) is 9.97 Å². The van der Waals surface area contributed by atoms with Crippen molar-refractivity contribution in [2.24, 2.45) is 4.99 Å². The van der Waals surface area contributed by atoms with E-state index in [-0.39, 0.29) is 0 Å². The van der Waals surface area contributed by atoms with Crippen LogP contribution < -0.4 is 10.6 Å². The van der Waals surface area contributed by atoms with Crippen LogP contribution in [0.4, 0.5) is 11.4 Å². The lowest BCUT2D eigenvalue weighted by Gasteiger charge is -2.23. The average Bonchev–Trinajstić information content (AvgIpc) is 3.16. The van der Waals surface area contributed by atoms with Crippen molar-refractivity contribution >= 4 is 28.0 Å². The van der Waals surface area contributed by atoms with Gasteiger partial charge in [0, 0.05) is 42.3 Å². The Hall–Kier alpha value is -2.99. The number of rotatable bonds is 4. The molecule has 2 N–H and O–H groups in total. The third kappa shape index (κ3) is 3.43. The highest BCUT2D eigenvalue weighted by atomic mass is 16.5. The van der Waals surface area contributed by atoms with Gasteiger partial charge in [-0.2, -0.15) is 0 Å². The fraction of sp³-hybridized carbons (Fsp3) is 0.318. The Bertz CT molecular complexity index is 1030. The molecule has 1 saturated heterocycles. The molecule has 2 aromatic carbocycles. The largest absolute Gasteiger partial charge is 0.382 e. The van der Waals surface area contributed by atoms with Crippen molar-refractivity contribution in [1.29, 1.82) is 0 Å². The van der Waals surface area contributed by atoms with Crippen LogP contribution in [0.5, 0.6) is 0 Å². The second-order valence-electron chi connectivity index (χ2n) is 7.25. The molecule has 3 aromatic rings. The van der Waals surface area contributed by atoms with Crippen molar-refractivity contribution in [3.05, 3.63) is 60.2 Å². The molecule has 1 unspecified atom stereocenters. The number of anilines is 2. The summed E-state index contributed by atoms with van der Waals surface area (Å²) in [6, 6.07) is 12.7. The highest BCUT2D eigenvalue weighted by Gasteiger charge is 2.18. The van der Waals surface area contributed by atoms with E-state index in [1.54, 1.807) is 12.4 Å². The van der Waals surface area contributed by atoms with E-state index in [9.17, 15) is 0 Å². The van der Waals surface area contributed by atoms with Crippen LogP contribution in [0, 0.1) is 0 Å². The van der Waals surface area contributed by atoms with Crippen LogP contribution in [-0.4, -0.2) is 35.1 Å². The quantitative estimate of drug-likeness (QED) is 0.724. The molecule has 2 aliphatic heterocycles. The summed E-state index contributed by atoms with van der Waals surface area (Å²) >= 11 is 0. The van der Waals surface area contributed by atoms with Crippen LogP contribution in [0.25, 0.3) is 10.8 Å². The Balaban J connectivity index is 1.34. The summed E-state index contributed by atoms with van der Waals surface area (Å²) in [6.45, 7) is 2.32. The van der Waals surface area contributed by atoms with Crippen LogP contribution in [0.15, 0.2) is 53.8 Å². The Labute approximate surface area is 164 Å². The van der Waals surface area contributed by atoms with Gasteiger partial charge in [0.05, 0.1) is 18.3 Å². The molecule has 0 spiro atoms. The summed E-state index contributed by atoms with van der Waals surface area (Å²) in [7, 11) is 0. The molecule has 0 radical (unpaired) electrons. The van der Waals surface area contributed by atoms with Crippen LogP contribution in [-0.2, 0) is 11.3 Å². The SMILES string of the molecule is c1cc(NCC2CCCCO2)c2ccc(NC3=NCc4nccnc43)cc2c1. The molecule has 0 bridgehead atoms. The molecule has 6 nitrogen and oxygen atoms in total. The minimum atomic E-state index is 0.312. The number of nitrogens with zero attached hydrogens (tertiary/aromatic N) is 3. The van der Waals surface area contributed by atoms with E-state index in [0.717, 1.165) is 48.2 Å². The van der Waals surface area contributed by atoms with Gasteiger partial charge in [-0.1, -0.05) is 18.2 Å². The standard InChI is InChI=1S/C22H23N5O/c1-2-11-28-17(5-1)13-25-19-6-3-4-15-12-16(7-8-18(15)19)27-22-21-20(14-26-22)23-9-10-24-21/h3-4,6-10,12,17,25H,1-2,5,11,13-14H2,(H,26,27). The lowest BCUT2D eigenvalue weighted by Crippen LogP contribution is -2.27. The second-order valence-corrected chi connectivity index (χ2v) is 7.25. The highest BCUT2D eigenvalue weighted by Crippen LogP contribution is 2.27. The molecule has 5 rings (SSSR count). The van der Waals surface area contributed by atoms with Crippen LogP contribution in [0.3, 0.4) is 0 Å². The summed E-state index contributed by atoms with van der Waals surface area (Å²) < 4.78 is 5.84. The van der Waals surface area contributed by atoms with Crippen molar-refractivity contribution < 1.29 is 4.74 Å². The molecule has 1 fully saturated rings. The zero-order chi connectivity index (χ0) is 18.8. The van der Waals surface area contributed by atoms with E-state index in [0.29, 0.717) is 12.6 Å². The van der Waals surface area contributed by atoms with Crippen molar-refractivity contribution in [2.75, 3.05) is 23.8 Å². The zero-order valence-corrected chi connectivity index (χ0v) is 15.7. The van der Waals surface area contributed by atoms with Gasteiger partial charge in [0.2, 0.25) is 0 Å². The van der Waals surface area contributed by atoms with Crippen molar-refractivity contribution in [3.8, 4) is 0 Å². The van der Waals surface area contributed by atoms with Gasteiger partial charge in [0.25, 0.3) is 0 Å². The van der Waals surface area contributed by atoms with E-state index < -0.39 is 0 Å². The summed E-state index contributed by atoms with van der Waals surface area (Å²) in [6.07, 6.45) is 7.30. The van der Waals surface area contributed by atoms with Gasteiger partial charge in [0.1, 0.15) is 5.69 Å². The van der Waals surface area contributed by atoms with Gasteiger partial charge < -0.3 is 15.4 Å². The summed E-state index contributed by atoms with van der Waals surface area (Å²) in [4.78, 5) is 13.3. The van der Waals surface area contributed by atoms with E-state index in [1.807, 2.05) is 0 Å². The third-order valence-electron chi connectivity index (χ3n) is 5.32. The maximum Gasteiger partial charge on any atom is 0.154 e. The minimum absolute atomic E-state index is 0.312. The smallest absolute Gasteiger partial charge is 0.154 e. The van der Waals surface area contributed by atoms with Gasteiger partial charge >= 0.3 is 0 Å². The van der Waals surface area contributed by atoms with E-state index in [1.165, 1.54) is 23.6 Å². The van der Waals surface area contributed by atoms with Crippen molar-refractivity contribution in [2.45, 2.75) is 31.9 Å². The van der Waals surface area contributed by atoms with E-state index >= 15 is 0 Å². The van der Waals surface area contributed by atoms with E-state index in [2.05, 4.69) is 62.0 Å². The van der Waals surface area contributed by atoms with Gasteiger partial charge in [0.15, 0.2) is 5.84 Å². The van der Waals surface area contributed by atoms with Gasteiger partial charge in [-0.15, -0.1) is 0 Å². The third-order valence-corrected chi connectivity index (χ3v) is 5.32. The molecule has 2 aliphatic rings. The predicted molar refractivity (Wildman–Crippen MR) is 112 cm³/mol. The first-order valence-corrected chi connectivity index (χ1v) is 9.87. The first kappa shape index (κ1) is 17.1. The monoisotopic (exact) mass is 373 g/mol. The molecular weight excluding hydrogens is 350 g/mol. The van der Waals surface area contributed by atoms with E-state index in [4.69, 9.17) is 4.74 Å². The number of nitrogens with one attached hydrogen (secondary N) is 2. The van der Waals surface area contributed by atoms with Crippen LogP contribution >= 0.6 is 0 Å². The molecule has 3 heterocycles. The molecule has 6 heteroatoms.